The average Bonchev–Trinajstić information content (AvgIpc) is 2.24. The molecule has 12 heavy (non-hydrogen) atoms. The first-order chi connectivity index (χ1) is 9.08. The lowest BCUT2D eigenvalue weighted by Crippen LogP contribution is -2.26. The van der Waals surface area contributed by atoms with Gasteiger partial charge in [0.1, 0.15) is 0 Å². The van der Waals surface area contributed by atoms with Crippen molar-refractivity contribution in [1.29, 1.82) is 0 Å². The van der Waals surface area contributed by atoms with E-state index in [1.165, 1.54) is 0 Å². The molecule has 0 saturated heterocycles. The minimum Gasteiger partial charge on any atom is -0.349 e. The Kier molecular flexibility index (Phi) is 1.19. The number of hydrogen-bond donors (Lipinski definition) is 0. The summed E-state index contributed by atoms with van der Waals surface area (Å²) in [5, 5.41) is 0. The first-order valence-corrected chi connectivity index (χ1v) is 2.98. The van der Waals surface area contributed by atoms with Gasteiger partial charge in [-0.2, -0.15) is 0 Å². The van der Waals surface area contributed by atoms with E-state index in [2.05, 4.69) is 0 Å². The monoisotopic (exact) mass is 183 g/mol. The van der Waals surface area contributed by atoms with E-state index in [1.54, 1.807) is 0 Å². The molecule has 2 amide bonds. The van der Waals surface area contributed by atoms with Crippen molar-refractivity contribution in [3.8, 4) is 0 Å². The van der Waals surface area contributed by atoms with Crippen LogP contribution in [-0.4, -0.2) is 49.7 Å². The Morgan fingerprint density at radius 3 is 2.08 bits per heavy atom. The molecule has 0 unspecified atom stereocenters. The van der Waals surface area contributed by atoms with Gasteiger partial charge in [0.05, 0.1) is 0 Å². The third-order valence-electron chi connectivity index (χ3n) is 0.901. The van der Waals surface area contributed by atoms with Crippen LogP contribution in [0, 0.1) is 0 Å². The average molecular weight is 183 g/mol. The second-order valence-corrected chi connectivity index (χ2v) is 2.12. The van der Waals surface area contributed by atoms with Gasteiger partial charge in [-0.3, -0.25) is 9.59 Å². The Balaban J connectivity index is 5.79. The second-order valence-electron chi connectivity index (χ2n) is 2.12. The fraction of sp³-hybridized carbons (Fsp3) is 0.750. The Bertz CT molecular complexity index is 418. The van der Waals surface area contributed by atoms with E-state index in [1.807, 2.05) is 0 Å². The molecule has 0 heterocycles. The molecule has 0 radical (unpaired) electrons. The van der Waals surface area contributed by atoms with Crippen LogP contribution in [0.25, 0.3) is 0 Å². The fourth-order valence-corrected chi connectivity index (χ4v) is 0.279. The minimum atomic E-state index is -3.55. The zero-order chi connectivity index (χ0) is 17.4. The maximum atomic E-state index is 12.0. The minimum absolute atomic E-state index is 0.395. The highest BCUT2D eigenvalue weighted by molar-refractivity contribution is 5.83. The molecule has 0 aromatic heterocycles. The van der Waals surface area contributed by atoms with Crippen LogP contribution in [0.3, 0.4) is 0 Å². The molecule has 0 N–H and O–H groups in total. The van der Waals surface area contributed by atoms with E-state index < -0.39 is 43.4 Å². The van der Waals surface area contributed by atoms with Gasteiger partial charge in [0.25, 0.3) is 0 Å². The largest absolute Gasteiger partial charge is 0.349 e. The summed E-state index contributed by atoms with van der Waals surface area (Å²) in [6.45, 7) is -5.69. The van der Waals surface area contributed by atoms with Crippen molar-refractivity contribution in [2.75, 3.05) is 28.1 Å². The number of carbonyl (C=O) groups excluding carboxylic acids is 2. The highest BCUT2D eigenvalue weighted by Gasteiger charge is 2.08. The van der Waals surface area contributed by atoms with Gasteiger partial charge >= 0.3 is 0 Å². The summed E-state index contributed by atoms with van der Waals surface area (Å²) in [7, 11) is 2.28. The summed E-state index contributed by atoms with van der Waals surface area (Å²) in [6.07, 6.45) is -6.91. The SMILES string of the molecule is [2H]C([2H])N(C(=O)C([2H])([2H])[13C]([2H])([2H])[13C](=O)N(C)C)C([2H])([2H])[2H]. The Morgan fingerprint density at radius 1 is 1.25 bits per heavy atom. The van der Waals surface area contributed by atoms with Gasteiger partial charge in [0.2, 0.25) is 11.8 Å². The molecule has 4 heteroatoms. The number of amides is 2. The lowest BCUT2D eigenvalue weighted by molar-refractivity contribution is -0.134. The topological polar surface area (TPSA) is 40.6 Å². The molecule has 0 aliphatic rings. The van der Waals surface area contributed by atoms with Crippen molar-refractivity contribution >= 4 is 11.8 Å². The van der Waals surface area contributed by atoms with Gasteiger partial charge < -0.3 is 9.80 Å². The lowest BCUT2D eigenvalue weighted by atomic mass is 10.5. The van der Waals surface area contributed by atoms with Crippen LogP contribution in [0.15, 0.2) is 0 Å². The Labute approximate surface area is 85.8 Å². The quantitative estimate of drug-likeness (QED) is 0.575. The Morgan fingerprint density at radius 2 is 1.75 bits per heavy atom. The fourth-order valence-electron chi connectivity index (χ4n) is 0.279. The van der Waals surface area contributed by atoms with E-state index in [0.717, 1.165) is 14.1 Å². The zero-order valence-corrected chi connectivity index (χ0v) is 6.79. The lowest BCUT2D eigenvalue weighted by Gasteiger charge is -2.12. The highest BCUT2D eigenvalue weighted by Crippen LogP contribution is 1.96. The van der Waals surface area contributed by atoms with Crippen molar-refractivity contribution in [2.45, 2.75) is 12.7 Å². The molecule has 0 aliphatic heterocycles. The number of nitrogens with zero attached hydrogens (tertiary/aromatic N) is 2. The molecular formula is C8H16N2O2. The summed E-state index contributed by atoms with van der Waals surface area (Å²) in [4.78, 5) is 23.9. The van der Waals surface area contributed by atoms with Crippen LogP contribution in [-0.2, 0) is 9.59 Å². The summed E-state index contributed by atoms with van der Waals surface area (Å²) in [5.74, 6) is -3.34. The Hall–Kier alpha value is -1.06. The molecule has 0 rings (SSSR count). The van der Waals surface area contributed by atoms with E-state index in [-0.39, 0.29) is 0 Å². The van der Waals surface area contributed by atoms with Crippen LogP contribution < -0.4 is 0 Å². The zero-order valence-electron chi connectivity index (χ0n) is 15.8. The summed E-state index contributed by atoms with van der Waals surface area (Å²) < 4.78 is 65.1. The van der Waals surface area contributed by atoms with E-state index in [9.17, 15) is 9.59 Å². The molecule has 0 aromatic carbocycles. The standard InChI is InChI=1S/C8H16N2O2/c1-9(2)7(11)5-6-8(12)10(3)4/h5-6H2,1-4H3/i1D2,2D3,5D2,6+1D2,8+1. The molecular weight excluding hydrogens is 158 g/mol. The van der Waals surface area contributed by atoms with Crippen molar-refractivity contribution < 1.29 is 21.9 Å². The van der Waals surface area contributed by atoms with Crippen molar-refractivity contribution in [2.24, 2.45) is 0 Å². The van der Waals surface area contributed by atoms with Crippen LogP contribution in [0.4, 0.5) is 0 Å². The van der Waals surface area contributed by atoms with E-state index >= 15 is 0 Å². The molecule has 0 spiro atoms. The van der Waals surface area contributed by atoms with E-state index in [4.69, 9.17) is 12.3 Å². The molecule has 0 aliphatic carbocycles. The van der Waals surface area contributed by atoms with Crippen LogP contribution in [0.2, 0.25) is 0 Å². The van der Waals surface area contributed by atoms with Gasteiger partial charge in [-0.25, -0.2) is 0 Å². The highest BCUT2D eigenvalue weighted by atomic mass is 16.2. The van der Waals surface area contributed by atoms with Gasteiger partial charge in [-0.1, -0.05) is 0 Å². The maximum Gasteiger partial charge on any atom is 0.222 e. The smallest absolute Gasteiger partial charge is 0.222 e. The number of hydrogen-bond acceptors (Lipinski definition) is 2. The van der Waals surface area contributed by atoms with Gasteiger partial charge in [0, 0.05) is 53.2 Å². The summed E-state index contributed by atoms with van der Waals surface area (Å²) in [6, 6.07) is 0. The van der Waals surface area contributed by atoms with Gasteiger partial charge in [-0.15, -0.1) is 0 Å². The molecule has 0 saturated carbocycles. The normalized spacial score (nSPS) is 24.1. The van der Waals surface area contributed by atoms with Crippen LogP contribution in [0.1, 0.15) is 25.1 Å². The van der Waals surface area contributed by atoms with Crippen molar-refractivity contribution in [3.05, 3.63) is 0 Å². The maximum absolute atomic E-state index is 12.0. The predicted molar refractivity (Wildman–Crippen MR) is 46.6 cm³/mol. The van der Waals surface area contributed by atoms with Crippen molar-refractivity contribution in [1.82, 2.24) is 9.80 Å². The first-order valence-electron chi connectivity index (χ1n) is 7.64. The third-order valence-corrected chi connectivity index (χ3v) is 0.901. The summed E-state index contributed by atoms with van der Waals surface area (Å²) >= 11 is 0. The summed E-state index contributed by atoms with van der Waals surface area (Å²) in [5.41, 5.74) is 0. The number of carbonyl (C=O) groups is 2. The molecule has 4 nitrogen and oxygen atoms in total. The molecule has 0 atom stereocenters. The third kappa shape index (κ3) is 3.95. The molecule has 0 fully saturated rings. The predicted octanol–water partition coefficient (Wildman–Crippen LogP) is -0.0570. The van der Waals surface area contributed by atoms with Crippen LogP contribution in [0.5, 0.6) is 0 Å². The molecule has 70 valence electrons. The molecule has 0 aromatic rings. The first kappa shape index (κ1) is 3.01. The van der Waals surface area contributed by atoms with E-state index in [0.29, 0.717) is 4.90 Å². The second kappa shape index (κ2) is 4.74. The van der Waals surface area contributed by atoms with Gasteiger partial charge in [-0.05, 0) is 0 Å². The molecule has 0 bridgehead atoms. The number of rotatable bonds is 3. The van der Waals surface area contributed by atoms with Crippen molar-refractivity contribution in [3.63, 3.8) is 0 Å². The van der Waals surface area contributed by atoms with Crippen LogP contribution >= 0.6 is 0 Å². The van der Waals surface area contributed by atoms with Gasteiger partial charge in [0.15, 0.2) is 0 Å².